The summed E-state index contributed by atoms with van der Waals surface area (Å²) in [5.41, 5.74) is 6.05. The Bertz CT molecular complexity index is 837. The van der Waals surface area contributed by atoms with Crippen LogP contribution in [0, 0.1) is 23.8 Å². The zero-order chi connectivity index (χ0) is 20.9. The van der Waals surface area contributed by atoms with Crippen molar-refractivity contribution in [2.45, 2.75) is 19.4 Å². The van der Waals surface area contributed by atoms with Crippen molar-refractivity contribution >= 4 is 29.4 Å². The molecule has 0 aromatic heterocycles. The fourth-order valence-electron chi connectivity index (χ4n) is 1.99. The SMILES string of the molecule is C#CC(CC(=O)OCC)NC(=O)CNC(=O)c1cccc(N=C(N)NC#N)c1. The van der Waals surface area contributed by atoms with Gasteiger partial charge < -0.3 is 21.1 Å². The lowest BCUT2D eigenvalue weighted by Gasteiger charge is -2.13. The van der Waals surface area contributed by atoms with Gasteiger partial charge in [0.05, 0.1) is 25.3 Å². The third-order valence-electron chi connectivity index (χ3n) is 3.16. The van der Waals surface area contributed by atoms with Crippen molar-refractivity contribution in [3.05, 3.63) is 29.8 Å². The summed E-state index contributed by atoms with van der Waals surface area (Å²) < 4.78 is 4.77. The lowest BCUT2D eigenvalue weighted by Crippen LogP contribution is -2.42. The third-order valence-corrected chi connectivity index (χ3v) is 3.16. The minimum absolute atomic E-state index is 0.124. The summed E-state index contributed by atoms with van der Waals surface area (Å²) in [6.45, 7) is 1.53. The lowest BCUT2D eigenvalue weighted by atomic mass is 10.2. The van der Waals surface area contributed by atoms with Crippen LogP contribution in [0.3, 0.4) is 0 Å². The van der Waals surface area contributed by atoms with E-state index in [0.717, 1.165) is 0 Å². The molecule has 0 bridgehead atoms. The maximum absolute atomic E-state index is 12.2. The van der Waals surface area contributed by atoms with E-state index < -0.39 is 23.8 Å². The smallest absolute Gasteiger partial charge is 0.308 e. The van der Waals surface area contributed by atoms with Crippen molar-refractivity contribution < 1.29 is 19.1 Å². The Morgan fingerprint density at radius 1 is 1.39 bits per heavy atom. The number of hydrogen-bond acceptors (Lipinski definition) is 6. The molecule has 1 unspecified atom stereocenters. The number of nitrogens with two attached hydrogens (primary N) is 1. The number of carbonyl (C=O) groups excluding carboxylic acids is 3. The second-order valence-electron chi connectivity index (χ2n) is 5.26. The topological polar surface area (TPSA) is 159 Å². The van der Waals surface area contributed by atoms with Crippen LogP contribution < -0.4 is 21.7 Å². The highest BCUT2D eigenvalue weighted by molar-refractivity contribution is 5.97. The average molecular weight is 384 g/mol. The molecular formula is C18H20N6O4. The maximum atomic E-state index is 12.2. The summed E-state index contributed by atoms with van der Waals surface area (Å²) in [6, 6.07) is 5.27. The van der Waals surface area contributed by atoms with E-state index in [2.05, 4.69) is 26.9 Å². The molecule has 10 nitrogen and oxygen atoms in total. The number of hydrogen-bond donors (Lipinski definition) is 4. The number of benzene rings is 1. The fourth-order valence-corrected chi connectivity index (χ4v) is 1.99. The van der Waals surface area contributed by atoms with E-state index in [-0.39, 0.29) is 31.1 Å². The molecule has 0 saturated carbocycles. The fraction of sp³-hybridized carbons (Fsp3) is 0.278. The van der Waals surface area contributed by atoms with Crippen LogP contribution in [-0.4, -0.2) is 42.9 Å². The van der Waals surface area contributed by atoms with E-state index in [1.54, 1.807) is 25.2 Å². The molecule has 0 aliphatic carbocycles. The lowest BCUT2D eigenvalue weighted by molar-refractivity contribution is -0.143. The van der Waals surface area contributed by atoms with Gasteiger partial charge >= 0.3 is 5.97 Å². The van der Waals surface area contributed by atoms with Crippen LogP contribution in [0.2, 0.25) is 0 Å². The van der Waals surface area contributed by atoms with Crippen molar-refractivity contribution in [1.82, 2.24) is 16.0 Å². The van der Waals surface area contributed by atoms with Crippen LogP contribution in [0.1, 0.15) is 23.7 Å². The number of guanidine groups is 1. The molecule has 0 spiro atoms. The first-order valence-corrected chi connectivity index (χ1v) is 8.18. The number of rotatable bonds is 8. The van der Waals surface area contributed by atoms with E-state index in [4.69, 9.17) is 22.2 Å². The Labute approximate surface area is 162 Å². The van der Waals surface area contributed by atoms with Crippen molar-refractivity contribution in [3.8, 4) is 18.5 Å². The summed E-state index contributed by atoms with van der Waals surface area (Å²) in [5, 5.41) is 15.5. The highest BCUT2D eigenvalue weighted by Crippen LogP contribution is 2.13. The van der Waals surface area contributed by atoms with Crippen molar-refractivity contribution in [2.24, 2.45) is 10.7 Å². The van der Waals surface area contributed by atoms with E-state index in [1.807, 2.05) is 0 Å². The first-order valence-electron chi connectivity index (χ1n) is 8.18. The molecule has 1 aromatic carbocycles. The Morgan fingerprint density at radius 3 is 2.79 bits per heavy atom. The highest BCUT2D eigenvalue weighted by atomic mass is 16.5. The van der Waals surface area contributed by atoms with Gasteiger partial charge in [-0.3, -0.25) is 19.7 Å². The number of carbonyl (C=O) groups is 3. The van der Waals surface area contributed by atoms with Crippen LogP contribution in [0.4, 0.5) is 5.69 Å². The second kappa shape index (κ2) is 11.5. The molecule has 5 N–H and O–H groups in total. The molecule has 1 atom stereocenters. The molecule has 0 heterocycles. The monoisotopic (exact) mass is 384 g/mol. The number of aliphatic imine (C=N–C) groups is 1. The summed E-state index contributed by atoms with van der Waals surface area (Å²) in [6.07, 6.45) is 6.74. The normalized spacial score (nSPS) is 11.3. The van der Waals surface area contributed by atoms with Gasteiger partial charge in [-0.05, 0) is 25.1 Å². The van der Waals surface area contributed by atoms with Gasteiger partial charge in [0.15, 0.2) is 6.19 Å². The number of esters is 1. The Hall–Kier alpha value is -4.05. The maximum Gasteiger partial charge on any atom is 0.308 e. The summed E-state index contributed by atoms with van der Waals surface area (Å²) in [4.78, 5) is 39.4. The molecule has 28 heavy (non-hydrogen) atoms. The van der Waals surface area contributed by atoms with Crippen LogP contribution in [-0.2, 0) is 14.3 Å². The van der Waals surface area contributed by atoms with E-state index in [1.165, 1.54) is 12.1 Å². The van der Waals surface area contributed by atoms with Crippen molar-refractivity contribution in [3.63, 3.8) is 0 Å². The summed E-state index contributed by atoms with van der Waals surface area (Å²) in [5.74, 6) is 0.538. The number of terminal acetylenes is 1. The molecule has 0 radical (unpaired) electrons. The number of nitriles is 1. The zero-order valence-corrected chi connectivity index (χ0v) is 15.2. The minimum Gasteiger partial charge on any atom is -0.466 e. The molecule has 0 aliphatic rings. The van der Waals surface area contributed by atoms with Crippen LogP contribution in [0.25, 0.3) is 0 Å². The van der Waals surface area contributed by atoms with Gasteiger partial charge in [0.25, 0.3) is 5.91 Å². The molecular weight excluding hydrogens is 364 g/mol. The zero-order valence-electron chi connectivity index (χ0n) is 15.2. The van der Waals surface area contributed by atoms with Gasteiger partial charge in [0.1, 0.15) is 6.04 Å². The number of amides is 2. The van der Waals surface area contributed by atoms with Gasteiger partial charge in [0, 0.05) is 5.56 Å². The predicted octanol–water partition coefficient (Wildman–Crippen LogP) is -0.496. The van der Waals surface area contributed by atoms with Gasteiger partial charge in [-0.2, -0.15) is 5.26 Å². The van der Waals surface area contributed by atoms with Crippen LogP contribution >= 0.6 is 0 Å². The minimum atomic E-state index is -0.836. The van der Waals surface area contributed by atoms with Gasteiger partial charge in [-0.25, -0.2) is 4.99 Å². The van der Waals surface area contributed by atoms with Gasteiger partial charge in [-0.1, -0.05) is 12.0 Å². The van der Waals surface area contributed by atoms with Crippen molar-refractivity contribution in [1.29, 1.82) is 5.26 Å². The Kier molecular flexibility index (Phi) is 9.07. The third kappa shape index (κ3) is 7.89. The molecule has 0 saturated heterocycles. The van der Waals surface area contributed by atoms with E-state index in [0.29, 0.717) is 5.69 Å². The largest absolute Gasteiger partial charge is 0.466 e. The van der Waals surface area contributed by atoms with Crippen molar-refractivity contribution in [2.75, 3.05) is 13.2 Å². The molecule has 0 aliphatic heterocycles. The average Bonchev–Trinajstić information content (AvgIpc) is 2.66. The molecule has 146 valence electrons. The molecule has 1 rings (SSSR count). The molecule has 1 aromatic rings. The highest BCUT2D eigenvalue weighted by Gasteiger charge is 2.16. The Morgan fingerprint density at radius 2 is 2.14 bits per heavy atom. The van der Waals surface area contributed by atoms with Gasteiger partial charge in [0.2, 0.25) is 11.9 Å². The first kappa shape index (κ1) is 22.0. The van der Waals surface area contributed by atoms with E-state index >= 15 is 0 Å². The second-order valence-corrected chi connectivity index (χ2v) is 5.26. The van der Waals surface area contributed by atoms with E-state index in [9.17, 15) is 14.4 Å². The Balaban J connectivity index is 2.61. The summed E-state index contributed by atoms with van der Waals surface area (Å²) >= 11 is 0. The molecule has 10 heteroatoms. The summed E-state index contributed by atoms with van der Waals surface area (Å²) in [7, 11) is 0. The number of ether oxygens (including phenoxy) is 1. The molecule has 0 fully saturated rings. The van der Waals surface area contributed by atoms with Crippen LogP contribution in [0.5, 0.6) is 0 Å². The van der Waals surface area contributed by atoms with Crippen LogP contribution in [0.15, 0.2) is 29.3 Å². The quantitative estimate of drug-likeness (QED) is 0.117. The molecule has 2 amide bonds. The standard InChI is InChI=1S/C18H20N6O4/c1-3-13(9-16(26)28-4-2)23-15(25)10-21-17(27)12-6-5-7-14(8-12)24-18(20)22-11-19/h1,5-8,13H,4,9-10H2,2H3,(H,21,27)(H,23,25)(H3,20,22,24). The number of nitrogens with zero attached hydrogens (tertiary/aromatic N) is 2. The first-order chi connectivity index (χ1) is 13.4. The predicted molar refractivity (Wildman–Crippen MR) is 101 cm³/mol. The number of nitrogens with one attached hydrogen (secondary N) is 3. The van der Waals surface area contributed by atoms with Gasteiger partial charge in [-0.15, -0.1) is 6.42 Å².